The number of sulfone groups is 1. The molecule has 0 saturated carbocycles. The van der Waals surface area contributed by atoms with Crippen molar-refractivity contribution in [1.82, 2.24) is 4.98 Å². The number of aromatic nitrogens is 1. The fourth-order valence-electron chi connectivity index (χ4n) is 1.70. The highest BCUT2D eigenvalue weighted by Crippen LogP contribution is 2.24. The molecule has 1 aromatic heterocycles. The molecule has 0 aliphatic rings. The van der Waals surface area contributed by atoms with Crippen LogP contribution in [0.4, 0.5) is 5.69 Å². The van der Waals surface area contributed by atoms with Crippen LogP contribution in [0.25, 0.3) is 0 Å². The zero-order valence-corrected chi connectivity index (χ0v) is 11.9. The molecule has 1 heterocycles. The van der Waals surface area contributed by atoms with E-state index in [2.05, 4.69) is 4.98 Å². The van der Waals surface area contributed by atoms with Crippen LogP contribution in [0.15, 0.2) is 41.6 Å². The van der Waals surface area contributed by atoms with E-state index in [1.807, 2.05) is 6.92 Å². The van der Waals surface area contributed by atoms with Crippen LogP contribution in [0.1, 0.15) is 11.1 Å². The first-order valence-electron chi connectivity index (χ1n) is 5.57. The minimum atomic E-state index is -3.45. The number of hydrogen-bond acceptors (Lipinski definition) is 4. The first kappa shape index (κ1) is 13.8. The van der Waals surface area contributed by atoms with E-state index in [1.54, 1.807) is 18.5 Å². The second-order valence-electron chi connectivity index (χ2n) is 4.31. The number of hydrogen-bond donors (Lipinski definition) is 1. The van der Waals surface area contributed by atoms with Crippen LogP contribution in [0, 0.1) is 6.92 Å². The third-order valence-corrected chi connectivity index (χ3v) is 4.63. The number of pyridine rings is 1. The third-order valence-electron chi connectivity index (χ3n) is 2.62. The van der Waals surface area contributed by atoms with Crippen molar-refractivity contribution in [3.05, 3.63) is 52.8 Å². The van der Waals surface area contributed by atoms with Gasteiger partial charge < -0.3 is 5.73 Å². The van der Waals surface area contributed by atoms with Crippen molar-refractivity contribution in [2.45, 2.75) is 17.6 Å². The highest BCUT2D eigenvalue weighted by Gasteiger charge is 2.16. The Morgan fingerprint density at radius 3 is 2.63 bits per heavy atom. The van der Waals surface area contributed by atoms with Crippen molar-refractivity contribution >= 4 is 27.1 Å². The van der Waals surface area contributed by atoms with Gasteiger partial charge in [0.05, 0.1) is 21.4 Å². The van der Waals surface area contributed by atoms with Gasteiger partial charge in [-0.15, -0.1) is 0 Å². The van der Waals surface area contributed by atoms with Crippen molar-refractivity contribution in [2.24, 2.45) is 0 Å². The Bertz CT molecular complexity index is 714. The van der Waals surface area contributed by atoms with Gasteiger partial charge in [0, 0.05) is 12.4 Å². The molecule has 0 spiro atoms. The van der Waals surface area contributed by atoms with Crippen LogP contribution in [0.2, 0.25) is 5.02 Å². The predicted octanol–water partition coefficient (Wildman–Crippen LogP) is 2.60. The minimum absolute atomic E-state index is 0.109. The summed E-state index contributed by atoms with van der Waals surface area (Å²) < 4.78 is 24.5. The van der Waals surface area contributed by atoms with Crippen LogP contribution in [-0.4, -0.2) is 13.4 Å². The monoisotopic (exact) mass is 296 g/mol. The lowest BCUT2D eigenvalue weighted by molar-refractivity contribution is 0.595. The van der Waals surface area contributed by atoms with Gasteiger partial charge in [0.25, 0.3) is 0 Å². The normalized spacial score (nSPS) is 11.5. The number of rotatable bonds is 3. The quantitative estimate of drug-likeness (QED) is 0.884. The number of benzene rings is 1. The smallest absolute Gasteiger partial charge is 0.182 e. The molecule has 0 radical (unpaired) electrons. The maximum atomic E-state index is 12.2. The van der Waals surface area contributed by atoms with E-state index >= 15 is 0 Å². The van der Waals surface area contributed by atoms with Crippen LogP contribution in [-0.2, 0) is 15.6 Å². The molecule has 4 nitrogen and oxygen atoms in total. The van der Waals surface area contributed by atoms with Gasteiger partial charge in [-0.1, -0.05) is 17.7 Å². The molecule has 2 N–H and O–H groups in total. The number of nitrogens with two attached hydrogens (primary N) is 1. The minimum Gasteiger partial charge on any atom is -0.398 e. The third kappa shape index (κ3) is 3.24. The lowest BCUT2D eigenvalue weighted by Crippen LogP contribution is -2.06. The molecule has 0 saturated heterocycles. The Balaban J connectivity index is 2.35. The van der Waals surface area contributed by atoms with E-state index in [0.717, 1.165) is 5.56 Å². The SMILES string of the molecule is Cc1cncc(CS(=O)(=O)c2ccc(N)c(Cl)c2)c1. The lowest BCUT2D eigenvalue weighted by Gasteiger charge is -2.06. The number of anilines is 1. The average Bonchev–Trinajstić information content (AvgIpc) is 2.32. The number of halogens is 1. The molecule has 0 aliphatic heterocycles. The summed E-state index contributed by atoms with van der Waals surface area (Å²) in [7, 11) is -3.45. The molecule has 100 valence electrons. The summed E-state index contributed by atoms with van der Waals surface area (Å²) in [6.07, 6.45) is 3.22. The molecule has 0 atom stereocenters. The van der Waals surface area contributed by atoms with Gasteiger partial charge in [-0.3, -0.25) is 4.98 Å². The molecule has 19 heavy (non-hydrogen) atoms. The second-order valence-corrected chi connectivity index (χ2v) is 6.71. The van der Waals surface area contributed by atoms with E-state index in [9.17, 15) is 8.42 Å². The first-order chi connectivity index (χ1) is 8.88. The maximum absolute atomic E-state index is 12.2. The standard InChI is InChI=1S/C13H13ClN2O2S/c1-9-4-10(7-16-6-9)8-19(17,18)11-2-3-13(15)12(14)5-11/h2-7H,8,15H2,1H3. The topological polar surface area (TPSA) is 73.0 Å². The number of aryl methyl sites for hydroxylation is 1. The molecule has 0 amide bonds. The Hall–Kier alpha value is -1.59. The Morgan fingerprint density at radius 1 is 1.26 bits per heavy atom. The van der Waals surface area contributed by atoms with Gasteiger partial charge >= 0.3 is 0 Å². The maximum Gasteiger partial charge on any atom is 0.182 e. The van der Waals surface area contributed by atoms with Crippen molar-refractivity contribution in [1.29, 1.82) is 0 Å². The predicted molar refractivity (Wildman–Crippen MR) is 75.7 cm³/mol. The molecule has 0 aliphatic carbocycles. The van der Waals surface area contributed by atoms with E-state index < -0.39 is 9.84 Å². The van der Waals surface area contributed by atoms with Crippen LogP contribution >= 0.6 is 11.6 Å². The fraction of sp³-hybridized carbons (Fsp3) is 0.154. The molecule has 1 aromatic carbocycles. The summed E-state index contributed by atoms with van der Waals surface area (Å²) in [5.74, 6) is -0.109. The average molecular weight is 297 g/mol. The van der Waals surface area contributed by atoms with Crippen molar-refractivity contribution in [2.75, 3.05) is 5.73 Å². The van der Waals surface area contributed by atoms with E-state index in [-0.39, 0.29) is 15.7 Å². The van der Waals surface area contributed by atoms with Gasteiger partial charge in [-0.25, -0.2) is 8.42 Å². The van der Waals surface area contributed by atoms with Crippen LogP contribution in [0.3, 0.4) is 0 Å². The second kappa shape index (κ2) is 5.19. The largest absolute Gasteiger partial charge is 0.398 e. The van der Waals surface area contributed by atoms with Gasteiger partial charge in [0.2, 0.25) is 0 Å². The fourth-order valence-corrected chi connectivity index (χ4v) is 3.28. The van der Waals surface area contributed by atoms with Crippen molar-refractivity contribution in [3.63, 3.8) is 0 Å². The van der Waals surface area contributed by atoms with E-state index in [4.69, 9.17) is 17.3 Å². The highest BCUT2D eigenvalue weighted by atomic mass is 35.5. The summed E-state index contributed by atoms with van der Waals surface area (Å²) >= 11 is 5.85. The highest BCUT2D eigenvalue weighted by molar-refractivity contribution is 7.90. The Morgan fingerprint density at radius 2 is 2.00 bits per heavy atom. The number of nitrogen functional groups attached to an aromatic ring is 1. The molecular weight excluding hydrogens is 284 g/mol. The zero-order chi connectivity index (χ0) is 14.0. The van der Waals surface area contributed by atoms with Gasteiger partial charge in [0.1, 0.15) is 0 Å². The molecule has 0 fully saturated rings. The summed E-state index contributed by atoms with van der Waals surface area (Å²) in [6, 6.07) is 6.11. The molecule has 0 bridgehead atoms. The van der Waals surface area contributed by atoms with Gasteiger partial charge in [-0.05, 0) is 36.2 Å². The Kier molecular flexibility index (Phi) is 3.78. The van der Waals surface area contributed by atoms with Gasteiger partial charge in [0.15, 0.2) is 9.84 Å². The van der Waals surface area contributed by atoms with Crippen LogP contribution < -0.4 is 5.73 Å². The molecule has 6 heteroatoms. The molecular formula is C13H13ClN2O2S. The first-order valence-corrected chi connectivity index (χ1v) is 7.60. The summed E-state index contributed by atoms with van der Waals surface area (Å²) in [5.41, 5.74) is 7.49. The lowest BCUT2D eigenvalue weighted by atomic mass is 10.2. The molecule has 2 rings (SSSR count). The Labute approximate surface area is 117 Å². The summed E-state index contributed by atoms with van der Waals surface area (Å²) in [6.45, 7) is 1.86. The van der Waals surface area contributed by atoms with Gasteiger partial charge in [-0.2, -0.15) is 0 Å². The summed E-state index contributed by atoms with van der Waals surface area (Å²) in [5, 5.41) is 0.239. The van der Waals surface area contributed by atoms with Crippen molar-refractivity contribution < 1.29 is 8.42 Å². The van der Waals surface area contributed by atoms with E-state index in [1.165, 1.54) is 18.2 Å². The van der Waals surface area contributed by atoms with E-state index in [0.29, 0.717) is 11.3 Å². The zero-order valence-electron chi connectivity index (χ0n) is 10.3. The summed E-state index contributed by atoms with van der Waals surface area (Å²) in [4.78, 5) is 4.14. The number of nitrogens with zero attached hydrogens (tertiary/aromatic N) is 1. The molecule has 0 unspecified atom stereocenters. The van der Waals surface area contributed by atoms with Crippen molar-refractivity contribution in [3.8, 4) is 0 Å². The van der Waals surface area contributed by atoms with Crippen LogP contribution in [0.5, 0.6) is 0 Å². The molecule has 2 aromatic rings.